The van der Waals surface area contributed by atoms with Crippen molar-refractivity contribution in [3.8, 4) is 0 Å². The molecule has 3 fully saturated rings. The standard InChI is InChI=1S/C6H10O3.C3H6O2/c1(5-3-8-5)7-2-6-4-9-6;1-2-5-3-4-1/h5-6H,1-4H2;1-3H2. The van der Waals surface area contributed by atoms with E-state index in [4.69, 9.17) is 23.7 Å². The van der Waals surface area contributed by atoms with E-state index >= 15 is 0 Å². The summed E-state index contributed by atoms with van der Waals surface area (Å²) in [4.78, 5) is 0. The van der Waals surface area contributed by atoms with Crippen LogP contribution in [0.5, 0.6) is 0 Å². The van der Waals surface area contributed by atoms with Crippen molar-refractivity contribution in [2.75, 3.05) is 46.4 Å². The maximum atomic E-state index is 5.23. The molecule has 3 saturated heterocycles. The van der Waals surface area contributed by atoms with Gasteiger partial charge in [-0.25, -0.2) is 0 Å². The number of epoxide rings is 2. The summed E-state index contributed by atoms with van der Waals surface area (Å²) in [7, 11) is 0. The van der Waals surface area contributed by atoms with E-state index in [9.17, 15) is 0 Å². The van der Waals surface area contributed by atoms with Gasteiger partial charge in [-0.15, -0.1) is 0 Å². The van der Waals surface area contributed by atoms with Gasteiger partial charge in [0.15, 0.2) is 0 Å². The normalized spacial score (nSPS) is 33.4. The molecule has 0 amide bonds. The lowest BCUT2D eigenvalue weighted by Gasteiger charge is -1.95. The highest BCUT2D eigenvalue weighted by molar-refractivity contribution is 4.71. The molecule has 0 bridgehead atoms. The quantitative estimate of drug-likeness (QED) is 0.593. The van der Waals surface area contributed by atoms with E-state index in [1.165, 1.54) is 0 Å². The molecule has 3 aliphatic heterocycles. The Balaban J connectivity index is 0.000000128. The van der Waals surface area contributed by atoms with Crippen molar-refractivity contribution in [2.45, 2.75) is 12.2 Å². The van der Waals surface area contributed by atoms with Crippen LogP contribution in [0.3, 0.4) is 0 Å². The highest BCUT2D eigenvalue weighted by Gasteiger charge is 2.26. The molecule has 0 N–H and O–H groups in total. The Morgan fingerprint density at radius 2 is 1.43 bits per heavy atom. The minimum atomic E-state index is 0.392. The summed E-state index contributed by atoms with van der Waals surface area (Å²) in [6.45, 7) is 5.32. The second-order valence-corrected chi connectivity index (χ2v) is 3.38. The summed E-state index contributed by atoms with van der Waals surface area (Å²) in [5, 5.41) is 0. The minimum Gasteiger partial charge on any atom is -0.376 e. The number of ether oxygens (including phenoxy) is 5. The molecule has 0 aromatic carbocycles. The van der Waals surface area contributed by atoms with Crippen LogP contribution in [0.4, 0.5) is 0 Å². The zero-order valence-electron chi connectivity index (χ0n) is 8.15. The van der Waals surface area contributed by atoms with Crippen LogP contribution in [0.2, 0.25) is 0 Å². The number of hydrogen-bond acceptors (Lipinski definition) is 5. The van der Waals surface area contributed by atoms with Crippen LogP contribution in [0.25, 0.3) is 0 Å². The minimum absolute atomic E-state index is 0.392. The molecule has 0 aromatic heterocycles. The molecule has 82 valence electrons. The molecule has 0 aliphatic carbocycles. The molecule has 0 aromatic rings. The third-order valence-corrected chi connectivity index (χ3v) is 1.95. The predicted molar refractivity (Wildman–Crippen MR) is 47.1 cm³/mol. The summed E-state index contributed by atoms with van der Waals surface area (Å²) in [6.07, 6.45) is 0.785. The van der Waals surface area contributed by atoms with Gasteiger partial charge in [0.05, 0.1) is 39.6 Å². The molecular formula is C9H16O5. The molecule has 3 aliphatic rings. The Kier molecular flexibility index (Phi) is 4.15. The van der Waals surface area contributed by atoms with Crippen LogP contribution in [0.1, 0.15) is 0 Å². The Labute approximate surface area is 83.2 Å². The summed E-state index contributed by atoms with van der Waals surface area (Å²) in [6, 6.07) is 0. The van der Waals surface area contributed by atoms with E-state index in [-0.39, 0.29) is 0 Å². The molecular weight excluding hydrogens is 188 g/mol. The largest absolute Gasteiger partial charge is 0.376 e. The first-order valence-electron chi connectivity index (χ1n) is 4.91. The molecule has 3 rings (SSSR count). The Hall–Kier alpha value is -0.200. The SMILES string of the molecule is C(OCC1CO1)C1CO1.C1COCO1. The van der Waals surface area contributed by atoms with Gasteiger partial charge >= 0.3 is 0 Å². The third kappa shape index (κ3) is 4.88. The molecule has 0 spiro atoms. The fourth-order valence-electron chi connectivity index (χ4n) is 0.954. The summed E-state index contributed by atoms with van der Waals surface area (Å²) in [5.74, 6) is 0. The molecule has 5 nitrogen and oxygen atoms in total. The molecule has 0 saturated carbocycles. The number of rotatable bonds is 4. The van der Waals surface area contributed by atoms with Crippen molar-refractivity contribution in [1.29, 1.82) is 0 Å². The van der Waals surface area contributed by atoms with Crippen molar-refractivity contribution in [1.82, 2.24) is 0 Å². The van der Waals surface area contributed by atoms with Crippen molar-refractivity contribution in [2.24, 2.45) is 0 Å². The smallest absolute Gasteiger partial charge is 0.146 e. The Bertz CT molecular complexity index is 132. The van der Waals surface area contributed by atoms with Gasteiger partial charge in [0.1, 0.15) is 19.0 Å². The van der Waals surface area contributed by atoms with E-state index in [1.54, 1.807) is 0 Å². The van der Waals surface area contributed by atoms with E-state index in [1.807, 2.05) is 0 Å². The summed E-state index contributed by atoms with van der Waals surface area (Å²) in [5.41, 5.74) is 0. The average molecular weight is 204 g/mol. The van der Waals surface area contributed by atoms with Gasteiger partial charge in [-0.05, 0) is 0 Å². The monoisotopic (exact) mass is 204 g/mol. The molecule has 5 heteroatoms. The van der Waals surface area contributed by atoms with Gasteiger partial charge < -0.3 is 23.7 Å². The first-order chi connectivity index (χ1) is 6.95. The van der Waals surface area contributed by atoms with Crippen LogP contribution in [-0.2, 0) is 23.7 Å². The van der Waals surface area contributed by atoms with Gasteiger partial charge in [-0.2, -0.15) is 0 Å². The second-order valence-electron chi connectivity index (χ2n) is 3.38. The van der Waals surface area contributed by atoms with Gasteiger partial charge in [0.25, 0.3) is 0 Å². The topological polar surface area (TPSA) is 52.8 Å². The van der Waals surface area contributed by atoms with Crippen LogP contribution < -0.4 is 0 Å². The highest BCUT2D eigenvalue weighted by Crippen LogP contribution is 2.12. The summed E-state index contributed by atoms with van der Waals surface area (Å²) >= 11 is 0. The van der Waals surface area contributed by atoms with E-state index < -0.39 is 0 Å². The van der Waals surface area contributed by atoms with Crippen molar-refractivity contribution in [3.63, 3.8) is 0 Å². The zero-order valence-corrected chi connectivity index (χ0v) is 8.15. The van der Waals surface area contributed by atoms with Gasteiger partial charge in [-0.3, -0.25) is 0 Å². The Morgan fingerprint density at radius 3 is 1.71 bits per heavy atom. The fraction of sp³-hybridized carbons (Fsp3) is 1.00. The zero-order chi connectivity index (χ0) is 9.64. The van der Waals surface area contributed by atoms with E-state index in [0.717, 1.165) is 39.6 Å². The maximum Gasteiger partial charge on any atom is 0.146 e. The highest BCUT2D eigenvalue weighted by atomic mass is 16.7. The maximum absolute atomic E-state index is 5.23. The second kappa shape index (κ2) is 5.63. The molecule has 14 heavy (non-hydrogen) atoms. The first-order valence-corrected chi connectivity index (χ1v) is 4.91. The van der Waals surface area contributed by atoms with Crippen LogP contribution >= 0.6 is 0 Å². The molecule has 2 unspecified atom stereocenters. The van der Waals surface area contributed by atoms with Gasteiger partial charge in [0.2, 0.25) is 0 Å². The van der Waals surface area contributed by atoms with Crippen molar-refractivity contribution >= 4 is 0 Å². The molecule has 2 atom stereocenters. The number of hydrogen-bond donors (Lipinski definition) is 0. The van der Waals surface area contributed by atoms with Gasteiger partial charge in [-0.1, -0.05) is 0 Å². The van der Waals surface area contributed by atoms with E-state index in [0.29, 0.717) is 19.0 Å². The van der Waals surface area contributed by atoms with Crippen LogP contribution in [0.15, 0.2) is 0 Å². The van der Waals surface area contributed by atoms with E-state index in [2.05, 4.69) is 0 Å². The molecule has 3 heterocycles. The first kappa shape index (κ1) is 10.3. The van der Waals surface area contributed by atoms with Gasteiger partial charge in [0, 0.05) is 0 Å². The third-order valence-electron chi connectivity index (χ3n) is 1.95. The van der Waals surface area contributed by atoms with Crippen LogP contribution in [-0.4, -0.2) is 58.6 Å². The fourth-order valence-corrected chi connectivity index (χ4v) is 0.954. The lowest BCUT2D eigenvalue weighted by Crippen LogP contribution is -2.06. The lowest BCUT2D eigenvalue weighted by molar-refractivity contribution is 0.0692. The average Bonchev–Trinajstić information content (AvgIpc) is 3.12. The van der Waals surface area contributed by atoms with Crippen LogP contribution in [0, 0.1) is 0 Å². The van der Waals surface area contributed by atoms with Crippen molar-refractivity contribution in [3.05, 3.63) is 0 Å². The lowest BCUT2D eigenvalue weighted by atomic mass is 10.5. The summed E-state index contributed by atoms with van der Waals surface area (Å²) < 4.78 is 24.6. The predicted octanol–water partition coefficient (Wildman–Crippen LogP) is -0.209. The Morgan fingerprint density at radius 1 is 0.929 bits per heavy atom. The van der Waals surface area contributed by atoms with Crippen molar-refractivity contribution < 1.29 is 23.7 Å². The molecule has 0 radical (unpaired) electrons.